The van der Waals surface area contributed by atoms with Crippen LogP contribution in [0.25, 0.3) is 0 Å². The molecule has 0 bridgehead atoms. The third-order valence-electron chi connectivity index (χ3n) is 4.12. The van der Waals surface area contributed by atoms with Gasteiger partial charge in [-0.25, -0.2) is 13.1 Å². The fraction of sp³-hybridized carbons (Fsp3) is 0.615. The van der Waals surface area contributed by atoms with E-state index in [0.717, 1.165) is 19.3 Å². The fourth-order valence-corrected chi connectivity index (χ4v) is 3.80. The highest BCUT2D eigenvalue weighted by Gasteiger charge is 2.33. The van der Waals surface area contributed by atoms with E-state index in [2.05, 4.69) is 16.6 Å². The zero-order chi connectivity index (χ0) is 13.9. The van der Waals surface area contributed by atoms with Crippen molar-refractivity contribution in [1.82, 2.24) is 9.71 Å². The molecule has 5 nitrogen and oxygen atoms in total. The van der Waals surface area contributed by atoms with Gasteiger partial charge >= 0.3 is 0 Å². The molecule has 0 unspecified atom stereocenters. The van der Waals surface area contributed by atoms with Crippen molar-refractivity contribution < 1.29 is 8.42 Å². The number of hydrogen-bond donors (Lipinski definition) is 2. The van der Waals surface area contributed by atoms with Crippen molar-refractivity contribution in [2.75, 3.05) is 6.54 Å². The standard InChI is InChI=1S/C13H20N2O3S/c1-2-13(7-3-4-8-13)10-15-19(17,18)11-5-6-12(16)14-9-11/h5-6,9,15H,2-4,7-8,10H2,1H3,(H,14,16). The second kappa shape index (κ2) is 5.46. The van der Waals surface area contributed by atoms with Crippen LogP contribution in [0, 0.1) is 5.41 Å². The molecule has 1 aliphatic carbocycles. The molecule has 1 aromatic heterocycles. The number of rotatable bonds is 5. The van der Waals surface area contributed by atoms with Crippen molar-refractivity contribution >= 4 is 10.0 Å². The first-order chi connectivity index (χ1) is 8.97. The maximum Gasteiger partial charge on any atom is 0.247 e. The first kappa shape index (κ1) is 14.3. The molecule has 1 fully saturated rings. The van der Waals surface area contributed by atoms with Crippen molar-refractivity contribution in [3.05, 3.63) is 28.7 Å². The lowest BCUT2D eigenvalue weighted by atomic mass is 9.84. The van der Waals surface area contributed by atoms with Gasteiger partial charge in [0, 0.05) is 18.8 Å². The molecule has 0 spiro atoms. The van der Waals surface area contributed by atoms with Crippen LogP contribution in [0.2, 0.25) is 0 Å². The molecule has 0 aromatic carbocycles. The number of aromatic amines is 1. The number of nitrogens with one attached hydrogen (secondary N) is 2. The first-order valence-corrected chi connectivity index (χ1v) is 8.14. The van der Waals surface area contributed by atoms with Crippen LogP contribution >= 0.6 is 0 Å². The van der Waals surface area contributed by atoms with Crippen molar-refractivity contribution in [3.8, 4) is 0 Å². The van der Waals surface area contributed by atoms with Crippen LogP contribution in [0.3, 0.4) is 0 Å². The molecule has 106 valence electrons. The van der Waals surface area contributed by atoms with Crippen molar-refractivity contribution in [3.63, 3.8) is 0 Å². The number of pyridine rings is 1. The van der Waals surface area contributed by atoms with Gasteiger partial charge < -0.3 is 4.98 Å². The van der Waals surface area contributed by atoms with E-state index in [0.29, 0.717) is 6.54 Å². The number of aromatic nitrogens is 1. The smallest absolute Gasteiger partial charge is 0.247 e. The second-order valence-electron chi connectivity index (χ2n) is 5.27. The summed E-state index contributed by atoms with van der Waals surface area (Å²) in [5.41, 5.74) is -0.199. The predicted octanol–water partition coefficient (Wildman–Crippen LogP) is 1.62. The highest BCUT2D eigenvalue weighted by molar-refractivity contribution is 7.89. The number of H-pyrrole nitrogens is 1. The van der Waals surface area contributed by atoms with Gasteiger partial charge in [-0.2, -0.15) is 0 Å². The maximum atomic E-state index is 12.1. The van der Waals surface area contributed by atoms with Gasteiger partial charge in [0.05, 0.1) is 4.90 Å². The summed E-state index contributed by atoms with van der Waals surface area (Å²) in [6.07, 6.45) is 6.73. The Morgan fingerprint density at radius 1 is 1.32 bits per heavy atom. The summed E-state index contributed by atoms with van der Waals surface area (Å²) in [5, 5.41) is 0. The molecule has 6 heteroatoms. The van der Waals surface area contributed by atoms with Crippen molar-refractivity contribution in [1.29, 1.82) is 0 Å². The number of sulfonamides is 1. The molecule has 0 radical (unpaired) electrons. The first-order valence-electron chi connectivity index (χ1n) is 6.66. The molecule has 0 atom stereocenters. The maximum absolute atomic E-state index is 12.1. The highest BCUT2D eigenvalue weighted by atomic mass is 32.2. The molecule has 19 heavy (non-hydrogen) atoms. The van der Waals surface area contributed by atoms with Crippen LogP contribution in [-0.4, -0.2) is 19.9 Å². The van der Waals surface area contributed by atoms with Gasteiger partial charge in [0.25, 0.3) is 0 Å². The summed E-state index contributed by atoms with van der Waals surface area (Å²) < 4.78 is 26.9. The summed E-state index contributed by atoms with van der Waals surface area (Å²) in [4.78, 5) is 13.4. The molecule has 2 rings (SSSR count). The summed E-state index contributed by atoms with van der Waals surface area (Å²) in [6, 6.07) is 2.55. The molecule has 0 saturated heterocycles. The fourth-order valence-electron chi connectivity index (χ4n) is 2.68. The predicted molar refractivity (Wildman–Crippen MR) is 73.4 cm³/mol. The molecule has 2 N–H and O–H groups in total. The van der Waals surface area contributed by atoms with E-state index in [1.165, 1.54) is 31.2 Å². The Balaban J connectivity index is 2.09. The molecule has 0 aliphatic heterocycles. The van der Waals surface area contributed by atoms with Gasteiger partial charge in [0.2, 0.25) is 15.6 Å². The van der Waals surface area contributed by atoms with Crippen LogP contribution in [0.5, 0.6) is 0 Å². The molecule has 1 saturated carbocycles. The summed E-state index contributed by atoms with van der Waals surface area (Å²) in [6.45, 7) is 2.59. The van der Waals surface area contributed by atoms with E-state index in [1.807, 2.05) is 0 Å². The van der Waals surface area contributed by atoms with Crippen LogP contribution in [0.1, 0.15) is 39.0 Å². The SMILES string of the molecule is CCC1(CNS(=O)(=O)c2ccc(=O)[nH]c2)CCCC1. The molecular formula is C13H20N2O3S. The Hall–Kier alpha value is -1.14. The van der Waals surface area contributed by atoms with Gasteiger partial charge in [-0.05, 0) is 30.7 Å². The summed E-state index contributed by atoms with van der Waals surface area (Å²) >= 11 is 0. The molecule has 0 amide bonds. The zero-order valence-electron chi connectivity index (χ0n) is 11.1. The average molecular weight is 284 g/mol. The quantitative estimate of drug-likeness (QED) is 0.862. The lowest BCUT2D eigenvalue weighted by Gasteiger charge is -2.27. The normalized spacial score (nSPS) is 18.6. The van der Waals surface area contributed by atoms with Gasteiger partial charge in [0.15, 0.2) is 0 Å². The van der Waals surface area contributed by atoms with E-state index >= 15 is 0 Å². The minimum Gasteiger partial charge on any atom is -0.328 e. The Labute approximate surface area is 113 Å². The zero-order valence-corrected chi connectivity index (χ0v) is 11.9. The van der Waals surface area contributed by atoms with Gasteiger partial charge in [-0.1, -0.05) is 19.8 Å². The van der Waals surface area contributed by atoms with Crippen LogP contribution < -0.4 is 10.3 Å². The van der Waals surface area contributed by atoms with Crippen molar-refractivity contribution in [2.45, 2.75) is 43.9 Å². The van der Waals surface area contributed by atoms with E-state index in [4.69, 9.17) is 0 Å². The largest absolute Gasteiger partial charge is 0.328 e. The Morgan fingerprint density at radius 3 is 2.53 bits per heavy atom. The lowest BCUT2D eigenvalue weighted by molar-refractivity contribution is 0.285. The molecule has 1 aliphatic rings. The summed E-state index contributed by atoms with van der Waals surface area (Å²) in [5.74, 6) is 0. The Morgan fingerprint density at radius 2 is 2.00 bits per heavy atom. The Kier molecular flexibility index (Phi) is 4.10. The third kappa shape index (κ3) is 3.25. The minimum atomic E-state index is -3.53. The Bertz CT molecular complexity index is 566. The second-order valence-corrected chi connectivity index (χ2v) is 7.04. The molecule has 1 aromatic rings. The summed E-state index contributed by atoms with van der Waals surface area (Å²) in [7, 11) is -3.53. The minimum absolute atomic E-state index is 0.106. The molecular weight excluding hydrogens is 264 g/mol. The average Bonchev–Trinajstić information content (AvgIpc) is 2.87. The van der Waals surface area contributed by atoms with Gasteiger partial charge in [0.1, 0.15) is 0 Å². The van der Waals surface area contributed by atoms with Gasteiger partial charge in [-0.15, -0.1) is 0 Å². The highest BCUT2D eigenvalue weighted by Crippen LogP contribution is 2.40. The number of hydrogen-bond acceptors (Lipinski definition) is 3. The van der Waals surface area contributed by atoms with E-state index in [9.17, 15) is 13.2 Å². The van der Waals surface area contributed by atoms with Crippen LogP contribution in [0.4, 0.5) is 0 Å². The third-order valence-corrected chi connectivity index (χ3v) is 5.52. The van der Waals surface area contributed by atoms with E-state index < -0.39 is 10.0 Å². The van der Waals surface area contributed by atoms with Crippen LogP contribution in [0.15, 0.2) is 28.0 Å². The van der Waals surface area contributed by atoms with E-state index in [1.54, 1.807) is 0 Å². The van der Waals surface area contributed by atoms with Gasteiger partial charge in [-0.3, -0.25) is 4.79 Å². The van der Waals surface area contributed by atoms with Crippen LogP contribution in [-0.2, 0) is 10.0 Å². The monoisotopic (exact) mass is 284 g/mol. The molecule has 1 heterocycles. The topological polar surface area (TPSA) is 79.0 Å². The van der Waals surface area contributed by atoms with Crippen molar-refractivity contribution in [2.24, 2.45) is 5.41 Å². The lowest BCUT2D eigenvalue weighted by Crippen LogP contribution is -2.35. The van der Waals surface area contributed by atoms with E-state index in [-0.39, 0.29) is 15.9 Å².